The van der Waals surface area contributed by atoms with E-state index < -0.39 is 22.9 Å². The van der Waals surface area contributed by atoms with E-state index in [0.29, 0.717) is 62.7 Å². The van der Waals surface area contributed by atoms with Crippen molar-refractivity contribution in [1.82, 2.24) is 29.2 Å². The first-order chi connectivity index (χ1) is 25.6. The topological polar surface area (TPSA) is 142 Å². The van der Waals surface area contributed by atoms with Gasteiger partial charge in [-0.1, -0.05) is 6.07 Å². The minimum Gasteiger partial charge on any atom is -0.476 e. The molecule has 54 heavy (non-hydrogen) atoms. The summed E-state index contributed by atoms with van der Waals surface area (Å²) in [4.78, 5) is 55.3. The van der Waals surface area contributed by atoms with Crippen molar-refractivity contribution in [3.05, 3.63) is 47.9 Å². The van der Waals surface area contributed by atoms with Crippen molar-refractivity contribution >= 4 is 34.9 Å². The van der Waals surface area contributed by atoms with Crippen LogP contribution in [0.25, 0.3) is 11.0 Å². The van der Waals surface area contributed by atoms with Crippen LogP contribution in [0.2, 0.25) is 0 Å². The van der Waals surface area contributed by atoms with Gasteiger partial charge in [0, 0.05) is 43.2 Å². The van der Waals surface area contributed by atoms with E-state index in [4.69, 9.17) is 14.5 Å². The number of hydrogen-bond acceptors (Lipinski definition) is 9. The number of nitrogens with one attached hydrogen (secondary N) is 1. The van der Waals surface area contributed by atoms with Crippen LogP contribution in [0, 0.1) is 17.7 Å². The number of aliphatic hydroxyl groups is 1. The van der Waals surface area contributed by atoms with Crippen LogP contribution in [0.1, 0.15) is 96.0 Å². The fraction of sp³-hybridized carbons (Fsp3) is 0.625. The Morgan fingerprint density at radius 3 is 2.30 bits per heavy atom. The molecule has 2 N–H and O–H groups in total. The molecule has 0 spiro atoms. The number of anilines is 1. The fourth-order valence-corrected chi connectivity index (χ4v) is 8.76. The van der Waals surface area contributed by atoms with Crippen LogP contribution in [-0.2, 0) is 9.53 Å². The van der Waals surface area contributed by atoms with E-state index in [1.54, 1.807) is 17.2 Å². The Kier molecular flexibility index (Phi) is 10.6. The molecule has 0 radical (unpaired) electrons. The fourth-order valence-electron chi connectivity index (χ4n) is 8.76. The number of hydrogen-bond donors (Lipinski definition) is 2. The Hall–Kier alpha value is -4.30. The highest BCUT2D eigenvalue weighted by Crippen LogP contribution is 2.40. The summed E-state index contributed by atoms with van der Waals surface area (Å²) in [6.45, 7) is 13.4. The third-order valence-corrected chi connectivity index (χ3v) is 11.7. The summed E-state index contributed by atoms with van der Waals surface area (Å²) in [5.41, 5.74) is 0.288. The summed E-state index contributed by atoms with van der Waals surface area (Å²) in [5, 5.41) is 13.3. The largest absolute Gasteiger partial charge is 0.476 e. The Morgan fingerprint density at radius 1 is 0.944 bits per heavy atom. The van der Waals surface area contributed by atoms with Crippen molar-refractivity contribution in [3.8, 4) is 5.88 Å². The SMILES string of the molecule is CC(C)(C)OC(=O)N1C[C@@H]2C[C@H]1CN2C(=O)C1CCC(n2c(NC(=O)c3cccc(F)c3)nc3cnc(OCCN4CCC(C(C)(C)O)CC4)cc32)CC1. The lowest BCUT2D eigenvalue weighted by atomic mass is 9.83. The van der Waals surface area contributed by atoms with Crippen LogP contribution in [0.5, 0.6) is 5.88 Å². The average molecular weight is 748 g/mol. The molecule has 0 unspecified atom stereocenters. The van der Waals surface area contributed by atoms with Gasteiger partial charge in [0.05, 0.1) is 29.4 Å². The zero-order valence-corrected chi connectivity index (χ0v) is 32.1. The van der Waals surface area contributed by atoms with Gasteiger partial charge in [-0.25, -0.2) is 19.2 Å². The van der Waals surface area contributed by atoms with E-state index in [0.717, 1.165) is 44.4 Å². The molecule has 3 amide bonds. The number of nitrogens with zero attached hydrogens (tertiary/aromatic N) is 6. The Labute approximate surface area is 316 Å². The van der Waals surface area contributed by atoms with Crippen molar-refractivity contribution in [1.29, 1.82) is 0 Å². The van der Waals surface area contributed by atoms with Gasteiger partial charge in [0.15, 0.2) is 0 Å². The van der Waals surface area contributed by atoms with Crippen molar-refractivity contribution in [2.75, 3.05) is 44.6 Å². The van der Waals surface area contributed by atoms with E-state index in [1.165, 1.54) is 18.2 Å². The van der Waals surface area contributed by atoms with Gasteiger partial charge in [-0.2, -0.15) is 0 Å². The zero-order valence-electron chi connectivity index (χ0n) is 32.1. The van der Waals surface area contributed by atoms with Crippen LogP contribution in [-0.4, -0.2) is 115 Å². The average Bonchev–Trinajstić information content (AvgIpc) is 3.84. The number of amides is 3. The number of carbonyl (C=O) groups is 3. The van der Waals surface area contributed by atoms with Crippen molar-refractivity contribution in [2.45, 2.75) is 109 Å². The molecule has 2 aromatic heterocycles. The van der Waals surface area contributed by atoms with Crippen molar-refractivity contribution in [3.63, 3.8) is 0 Å². The number of imidazole rings is 1. The molecule has 3 aromatic rings. The standard InChI is InChI=1S/C40H54FN7O6/c1-39(2,3)54-38(51)47-24-30-20-31(47)23-46(30)36(50)25-9-11-29(12-10-25)48-33-21-34(53-18-17-45-15-13-27(14-16-45)40(4,5)52)42-22-32(33)43-37(48)44-35(49)26-7-6-8-28(41)19-26/h6-8,19,21-22,25,27,29-31,52H,9-18,20,23-24H2,1-5H3,(H,43,44,49)/t25?,29?,30-,31-/m0/s1. The molecular weight excluding hydrogens is 693 g/mol. The molecule has 4 aliphatic rings. The maximum absolute atomic E-state index is 14.0. The van der Waals surface area contributed by atoms with Crippen LogP contribution < -0.4 is 10.1 Å². The van der Waals surface area contributed by atoms with E-state index in [2.05, 4.69) is 15.2 Å². The summed E-state index contributed by atoms with van der Waals surface area (Å²) < 4.78 is 27.8. The van der Waals surface area contributed by atoms with E-state index in [1.807, 2.05) is 50.2 Å². The summed E-state index contributed by atoms with van der Waals surface area (Å²) in [6, 6.07) is 7.31. The number of rotatable bonds is 9. The molecule has 7 rings (SSSR count). The highest BCUT2D eigenvalue weighted by atomic mass is 19.1. The van der Waals surface area contributed by atoms with Gasteiger partial charge in [-0.05, 0) is 117 Å². The van der Waals surface area contributed by atoms with Gasteiger partial charge in [-0.15, -0.1) is 0 Å². The van der Waals surface area contributed by atoms with Crippen LogP contribution in [0.4, 0.5) is 15.1 Å². The smallest absolute Gasteiger partial charge is 0.410 e. The Morgan fingerprint density at radius 2 is 1.65 bits per heavy atom. The van der Waals surface area contributed by atoms with Crippen molar-refractivity contribution < 1.29 is 33.4 Å². The molecule has 3 saturated heterocycles. The lowest BCUT2D eigenvalue weighted by Gasteiger charge is -2.38. The number of fused-ring (bicyclic) bond motifs is 3. The number of halogens is 1. The summed E-state index contributed by atoms with van der Waals surface area (Å²) in [5.74, 6) is 0.102. The van der Waals surface area contributed by atoms with Gasteiger partial charge < -0.3 is 28.9 Å². The molecule has 1 aliphatic carbocycles. The summed E-state index contributed by atoms with van der Waals surface area (Å²) in [6.07, 6.45) is 6.70. The number of pyridine rings is 1. The molecule has 4 fully saturated rings. The van der Waals surface area contributed by atoms with Gasteiger partial charge in [0.2, 0.25) is 17.7 Å². The zero-order chi connectivity index (χ0) is 38.4. The molecule has 2 atom stereocenters. The Balaban J connectivity index is 1.03. The first-order valence-corrected chi connectivity index (χ1v) is 19.5. The minimum atomic E-state index is -0.671. The van der Waals surface area contributed by atoms with Gasteiger partial charge in [0.25, 0.3) is 5.91 Å². The second-order valence-electron chi connectivity index (χ2n) is 17.1. The lowest BCUT2D eigenvalue weighted by Crippen LogP contribution is -2.53. The van der Waals surface area contributed by atoms with Crippen molar-refractivity contribution in [2.24, 2.45) is 11.8 Å². The third kappa shape index (κ3) is 8.34. The number of aromatic nitrogens is 3. The third-order valence-electron chi connectivity index (χ3n) is 11.7. The lowest BCUT2D eigenvalue weighted by molar-refractivity contribution is -0.139. The molecule has 5 heterocycles. The monoisotopic (exact) mass is 747 g/mol. The Bertz CT molecular complexity index is 1850. The first-order valence-electron chi connectivity index (χ1n) is 19.5. The van der Waals surface area contributed by atoms with Gasteiger partial charge in [-0.3, -0.25) is 19.8 Å². The quantitative estimate of drug-likeness (QED) is 0.285. The molecule has 1 aromatic carbocycles. The second kappa shape index (κ2) is 15.1. The predicted octanol–water partition coefficient (Wildman–Crippen LogP) is 5.64. The number of piperazine rings is 1. The van der Waals surface area contributed by atoms with Gasteiger partial charge in [0.1, 0.15) is 23.5 Å². The molecule has 3 aliphatic heterocycles. The molecule has 2 bridgehead atoms. The van der Waals surface area contributed by atoms with Gasteiger partial charge >= 0.3 is 6.09 Å². The second-order valence-corrected chi connectivity index (χ2v) is 17.1. The molecule has 13 nitrogen and oxygen atoms in total. The summed E-state index contributed by atoms with van der Waals surface area (Å²) >= 11 is 0. The predicted molar refractivity (Wildman–Crippen MR) is 201 cm³/mol. The number of carbonyl (C=O) groups excluding carboxylic acids is 3. The maximum atomic E-state index is 14.0. The van der Waals surface area contributed by atoms with E-state index in [9.17, 15) is 23.9 Å². The number of piperidine rings is 1. The summed E-state index contributed by atoms with van der Waals surface area (Å²) in [7, 11) is 0. The maximum Gasteiger partial charge on any atom is 0.410 e. The van der Waals surface area contributed by atoms with Crippen LogP contribution in [0.3, 0.4) is 0 Å². The molecule has 292 valence electrons. The molecular formula is C40H54FN7O6. The van der Waals surface area contributed by atoms with E-state index >= 15 is 0 Å². The van der Waals surface area contributed by atoms with Crippen LogP contribution in [0.15, 0.2) is 36.5 Å². The minimum absolute atomic E-state index is 0.000381. The molecule has 1 saturated carbocycles. The highest BCUT2D eigenvalue weighted by molar-refractivity contribution is 6.04. The number of ether oxygens (including phenoxy) is 2. The van der Waals surface area contributed by atoms with E-state index in [-0.39, 0.29) is 47.5 Å². The molecule has 14 heteroatoms. The first kappa shape index (κ1) is 38.0. The normalized spacial score (nSPS) is 23.9. The highest BCUT2D eigenvalue weighted by Gasteiger charge is 2.49. The number of benzene rings is 1. The number of likely N-dealkylation sites (tertiary alicyclic amines) is 3. The van der Waals surface area contributed by atoms with Crippen LogP contribution >= 0.6 is 0 Å².